The van der Waals surface area contributed by atoms with Gasteiger partial charge in [0, 0.05) is 13.0 Å². The number of likely N-dealkylation sites (tertiary alicyclic amines) is 1. The molecule has 0 spiro atoms. The van der Waals surface area contributed by atoms with E-state index < -0.39 is 12.0 Å². The maximum atomic E-state index is 12.1. The molecule has 0 saturated carbocycles. The number of carbonyl (C=O) groups excluding carboxylic acids is 1. The number of carboxylic acids is 1. The molecular weight excluding hydrogens is 218 g/mol. The highest BCUT2D eigenvalue weighted by Crippen LogP contribution is 2.25. The lowest BCUT2D eigenvalue weighted by atomic mass is 9.90. The average Bonchev–Trinajstić information content (AvgIpc) is 2.27. The molecule has 0 aromatic carbocycles. The van der Waals surface area contributed by atoms with Crippen LogP contribution in [0, 0.1) is 11.8 Å². The smallest absolute Gasteiger partial charge is 0.326 e. The third-order valence-corrected chi connectivity index (χ3v) is 3.73. The van der Waals surface area contributed by atoms with E-state index in [1.165, 1.54) is 0 Å². The van der Waals surface area contributed by atoms with E-state index in [-0.39, 0.29) is 11.8 Å². The van der Waals surface area contributed by atoms with E-state index in [1.54, 1.807) is 4.90 Å². The van der Waals surface area contributed by atoms with Crippen LogP contribution in [0.15, 0.2) is 0 Å². The number of piperidine rings is 1. The number of carbonyl (C=O) groups is 2. The van der Waals surface area contributed by atoms with Crippen molar-refractivity contribution >= 4 is 11.9 Å². The Bertz CT molecular complexity index is 290. The summed E-state index contributed by atoms with van der Waals surface area (Å²) >= 11 is 0. The molecule has 1 fully saturated rings. The molecule has 0 aliphatic carbocycles. The van der Waals surface area contributed by atoms with Gasteiger partial charge >= 0.3 is 5.97 Å². The summed E-state index contributed by atoms with van der Waals surface area (Å²) in [4.78, 5) is 24.9. The first-order valence-corrected chi connectivity index (χ1v) is 6.49. The van der Waals surface area contributed by atoms with Crippen molar-refractivity contribution in [1.29, 1.82) is 0 Å². The molecule has 3 atom stereocenters. The summed E-state index contributed by atoms with van der Waals surface area (Å²) in [5, 5.41) is 9.23. The van der Waals surface area contributed by atoms with Crippen molar-refractivity contribution in [3.05, 3.63) is 0 Å². The Labute approximate surface area is 103 Å². The minimum Gasteiger partial charge on any atom is -0.480 e. The molecule has 1 N–H and O–H groups in total. The fourth-order valence-corrected chi connectivity index (χ4v) is 2.40. The van der Waals surface area contributed by atoms with Crippen molar-refractivity contribution in [3.63, 3.8) is 0 Å². The lowest BCUT2D eigenvalue weighted by Gasteiger charge is -2.37. The highest BCUT2D eigenvalue weighted by Gasteiger charge is 2.36. The molecule has 0 aromatic heterocycles. The molecule has 1 saturated heterocycles. The Balaban J connectivity index is 2.71. The summed E-state index contributed by atoms with van der Waals surface area (Å²) in [7, 11) is 0. The van der Waals surface area contributed by atoms with Crippen LogP contribution in [0.25, 0.3) is 0 Å². The van der Waals surface area contributed by atoms with Gasteiger partial charge in [0.25, 0.3) is 0 Å². The van der Waals surface area contributed by atoms with E-state index in [0.717, 1.165) is 19.3 Å². The zero-order chi connectivity index (χ0) is 13.0. The largest absolute Gasteiger partial charge is 0.480 e. The first kappa shape index (κ1) is 14.0. The molecule has 0 aromatic rings. The van der Waals surface area contributed by atoms with E-state index in [1.807, 2.05) is 20.8 Å². The minimum absolute atomic E-state index is 0.00157. The standard InChI is InChI=1S/C13H23NO3/c1-4-9(2)8-11(15)14-7-5-6-10(3)12(14)13(16)17/h9-10,12H,4-8H2,1-3H3,(H,16,17). The summed E-state index contributed by atoms with van der Waals surface area (Å²) < 4.78 is 0. The molecule has 98 valence electrons. The second kappa shape index (κ2) is 6.03. The lowest BCUT2D eigenvalue weighted by molar-refractivity contribution is -0.155. The first-order valence-electron chi connectivity index (χ1n) is 6.49. The van der Waals surface area contributed by atoms with Crippen LogP contribution >= 0.6 is 0 Å². The number of amides is 1. The van der Waals surface area contributed by atoms with E-state index in [2.05, 4.69) is 0 Å². The van der Waals surface area contributed by atoms with E-state index >= 15 is 0 Å². The van der Waals surface area contributed by atoms with Crippen molar-refractivity contribution < 1.29 is 14.7 Å². The maximum Gasteiger partial charge on any atom is 0.326 e. The highest BCUT2D eigenvalue weighted by molar-refractivity contribution is 5.84. The Kier molecular flexibility index (Phi) is 4.97. The van der Waals surface area contributed by atoms with Crippen LogP contribution in [0.3, 0.4) is 0 Å². The van der Waals surface area contributed by atoms with Gasteiger partial charge < -0.3 is 10.0 Å². The molecule has 1 heterocycles. The summed E-state index contributed by atoms with van der Waals surface area (Å²) in [5.74, 6) is -0.482. The minimum atomic E-state index is -0.866. The molecule has 1 aliphatic rings. The van der Waals surface area contributed by atoms with Gasteiger partial charge in [-0.15, -0.1) is 0 Å². The van der Waals surface area contributed by atoms with Crippen molar-refractivity contribution in [2.24, 2.45) is 11.8 Å². The van der Waals surface area contributed by atoms with Crippen molar-refractivity contribution in [2.45, 2.75) is 52.5 Å². The Morgan fingerprint density at radius 2 is 2.12 bits per heavy atom. The molecule has 4 nitrogen and oxygen atoms in total. The van der Waals surface area contributed by atoms with Crippen molar-refractivity contribution in [3.8, 4) is 0 Å². The first-order chi connectivity index (χ1) is 7.97. The predicted molar refractivity (Wildman–Crippen MR) is 65.6 cm³/mol. The van der Waals surface area contributed by atoms with Gasteiger partial charge in [-0.3, -0.25) is 4.79 Å². The van der Waals surface area contributed by atoms with Gasteiger partial charge in [-0.25, -0.2) is 4.79 Å². The van der Waals surface area contributed by atoms with E-state index in [9.17, 15) is 14.7 Å². The Hall–Kier alpha value is -1.06. The number of carboxylic acid groups (broad SMARTS) is 1. The number of hydrogen-bond acceptors (Lipinski definition) is 2. The Morgan fingerprint density at radius 1 is 1.47 bits per heavy atom. The SMILES string of the molecule is CCC(C)CC(=O)N1CCCC(C)C1C(=O)O. The topological polar surface area (TPSA) is 57.6 Å². The van der Waals surface area contributed by atoms with Crippen LogP contribution in [-0.4, -0.2) is 34.5 Å². The van der Waals surface area contributed by atoms with Crippen LogP contribution in [0.2, 0.25) is 0 Å². The van der Waals surface area contributed by atoms with Gasteiger partial charge in [-0.05, 0) is 24.7 Å². The molecular formula is C13H23NO3. The third-order valence-electron chi connectivity index (χ3n) is 3.73. The zero-order valence-electron chi connectivity index (χ0n) is 11.0. The van der Waals surface area contributed by atoms with E-state index in [0.29, 0.717) is 18.9 Å². The average molecular weight is 241 g/mol. The lowest BCUT2D eigenvalue weighted by Crippen LogP contribution is -2.52. The molecule has 17 heavy (non-hydrogen) atoms. The van der Waals surface area contributed by atoms with Crippen molar-refractivity contribution in [2.75, 3.05) is 6.54 Å². The molecule has 1 amide bonds. The molecule has 0 radical (unpaired) electrons. The molecule has 4 heteroatoms. The number of nitrogens with zero attached hydrogens (tertiary/aromatic N) is 1. The van der Waals surface area contributed by atoms with Crippen LogP contribution in [0.4, 0.5) is 0 Å². The number of aliphatic carboxylic acids is 1. The summed E-state index contributed by atoms with van der Waals surface area (Å²) in [6.07, 6.45) is 3.22. The fraction of sp³-hybridized carbons (Fsp3) is 0.846. The number of rotatable bonds is 4. The van der Waals surface area contributed by atoms with E-state index in [4.69, 9.17) is 0 Å². The van der Waals surface area contributed by atoms with Crippen molar-refractivity contribution in [1.82, 2.24) is 4.90 Å². The van der Waals surface area contributed by atoms with Gasteiger partial charge in [-0.2, -0.15) is 0 Å². The molecule has 3 unspecified atom stereocenters. The zero-order valence-corrected chi connectivity index (χ0v) is 11.0. The normalized spacial score (nSPS) is 26.6. The predicted octanol–water partition coefficient (Wildman–Crippen LogP) is 2.13. The van der Waals surface area contributed by atoms with Crippen LogP contribution in [0.1, 0.15) is 46.5 Å². The van der Waals surface area contributed by atoms with Gasteiger partial charge in [-0.1, -0.05) is 27.2 Å². The maximum absolute atomic E-state index is 12.1. The summed E-state index contributed by atoms with van der Waals surface area (Å²) in [6.45, 7) is 6.59. The highest BCUT2D eigenvalue weighted by atomic mass is 16.4. The third kappa shape index (κ3) is 3.45. The van der Waals surface area contributed by atoms with Crippen LogP contribution < -0.4 is 0 Å². The molecule has 1 aliphatic heterocycles. The number of hydrogen-bond donors (Lipinski definition) is 1. The van der Waals surface area contributed by atoms with Crippen LogP contribution in [0.5, 0.6) is 0 Å². The second-order valence-electron chi connectivity index (χ2n) is 5.21. The van der Waals surface area contributed by atoms with Crippen LogP contribution in [-0.2, 0) is 9.59 Å². The molecule has 1 rings (SSSR count). The van der Waals surface area contributed by atoms with Gasteiger partial charge in [0.1, 0.15) is 6.04 Å². The van der Waals surface area contributed by atoms with Gasteiger partial charge in [0.15, 0.2) is 0 Å². The summed E-state index contributed by atoms with van der Waals surface area (Å²) in [6, 6.07) is -0.625. The molecule has 0 bridgehead atoms. The quantitative estimate of drug-likeness (QED) is 0.820. The monoisotopic (exact) mass is 241 g/mol. The Morgan fingerprint density at radius 3 is 2.65 bits per heavy atom. The summed E-state index contributed by atoms with van der Waals surface area (Å²) in [5.41, 5.74) is 0. The second-order valence-corrected chi connectivity index (χ2v) is 5.21. The van der Waals surface area contributed by atoms with Gasteiger partial charge in [0.2, 0.25) is 5.91 Å². The fourth-order valence-electron chi connectivity index (χ4n) is 2.40. The van der Waals surface area contributed by atoms with Gasteiger partial charge in [0.05, 0.1) is 0 Å².